The normalized spacial score (nSPS) is 15.2. The fraction of sp³-hybridized carbons (Fsp3) is 0.167. The molecule has 1 aromatic heterocycles. The Bertz CT molecular complexity index is 1350. The van der Waals surface area contributed by atoms with Gasteiger partial charge in [0.2, 0.25) is 5.78 Å². The molecule has 2 heterocycles. The quantitative estimate of drug-likeness (QED) is 0.673. The minimum atomic E-state index is -3.92. The Labute approximate surface area is 181 Å². The van der Waals surface area contributed by atoms with Gasteiger partial charge >= 0.3 is 0 Å². The van der Waals surface area contributed by atoms with Crippen LogP contribution in [0.5, 0.6) is 0 Å². The number of hydrogen-bond acceptors (Lipinski definition) is 5. The van der Waals surface area contributed by atoms with E-state index in [2.05, 4.69) is 10.3 Å². The van der Waals surface area contributed by atoms with Gasteiger partial charge in [0.05, 0.1) is 16.3 Å². The summed E-state index contributed by atoms with van der Waals surface area (Å²) in [5.41, 5.74) is 4.63. The lowest BCUT2D eigenvalue weighted by Crippen LogP contribution is -2.30. The summed E-state index contributed by atoms with van der Waals surface area (Å²) < 4.78 is 28.0. The maximum Gasteiger partial charge on any atom is 0.268 e. The van der Waals surface area contributed by atoms with Crippen molar-refractivity contribution in [2.24, 2.45) is 4.99 Å². The van der Waals surface area contributed by atoms with Crippen LogP contribution in [0.3, 0.4) is 0 Å². The molecule has 1 aliphatic heterocycles. The van der Waals surface area contributed by atoms with Crippen LogP contribution in [0.1, 0.15) is 32.7 Å². The average molecular weight is 432 g/mol. The van der Waals surface area contributed by atoms with Gasteiger partial charge in [0.1, 0.15) is 5.69 Å². The van der Waals surface area contributed by atoms with Crippen molar-refractivity contribution in [3.05, 3.63) is 101 Å². The summed E-state index contributed by atoms with van der Waals surface area (Å²) in [5, 5.41) is 3.17. The van der Waals surface area contributed by atoms with Gasteiger partial charge in [0, 0.05) is 24.8 Å². The Kier molecular flexibility index (Phi) is 4.63. The van der Waals surface area contributed by atoms with Crippen molar-refractivity contribution in [2.45, 2.75) is 24.8 Å². The number of aliphatic imine (C=N–C) groups is 1. The maximum atomic E-state index is 13.4. The number of benzene rings is 2. The highest BCUT2D eigenvalue weighted by Crippen LogP contribution is 2.32. The van der Waals surface area contributed by atoms with Gasteiger partial charge in [-0.15, -0.1) is 0 Å². The largest absolute Gasteiger partial charge is 0.378 e. The molecule has 0 unspecified atom stereocenters. The number of aryl methyl sites for hydroxylation is 1. The van der Waals surface area contributed by atoms with E-state index in [1.165, 1.54) is 0 Å². The van der Waals surface area contributed by atoms with Gasteiger partial charge in [-0.2, -0.15) is 0 Å². The summed E-state index contributed by atoms with van der Waals surface area (Å²) in [4.78, 5) is 18.1. The molecule has 0 fully saturated rings. The standard InChI is InChI=1S/C24H21N3O3S/c1-16-7-9-19(10-8-16)31(29,30)27-15-18-11-12-25-20-13-21(24(28)23(27)22(18)20)26-14-17-5-3-2-4-6-17/h2-10,13,15,26H,11-12,14H2,1H3. The summed E-state index contributed by atoms with van der Waals surface area (Å²) in [6.45, 7) is 2.92. The van der Waals surface area contributed by atoms with Gasteiger partial charge in [0.15, 0.2) is 0 Å². The minimum absolute atomic E-state index is 0.154. The van der Waals surface area contributed by atoms with Crippen LogP contribution in [0.4, 0.5) is 0 Å². The van der Waals surface area contributed by atoms with E-state index in [0.717, 1.165) is 20.7 Å². The fourth-order valence-electron chi connectivity index (χ4n) is 3.98. The first-order valence-corrected chi connectivity index (χ1v) is 11.5. The van der Waals surface area contributed by atoms with Gasteiger partial charge in [-0.05, 0) is 42.7 Å². The van der Waals surface area contributed by atoms with Gasteiger partial charge in [-0.25, -0.2) is 12.4 Å². The van der Waals surface area contributed by atoms with Crippen LogP contribution in [0.2, 0.25) is 0 Å². The summed E-state index contributed by atoms with van der Waals surface area (Å²) in [7, 11) is -3.92. The lowest BCUT2D eigenvalue weighted by molar-refractivity contribution is 0.102. The Hall–Kier alpha value is -3.45. The van der Waals surface area contributed by atoms with E-state index in [9.17, 15) is 13.2 Å². The maximum absolute atomic E-state index is 13.4. The number of aromatic nitrogens is 1. The van der Waals surface area contributed by atoms with Crippen molar-refractivity contribution in [2.75, 3.05) is 6.54 Å². The second-order valence-electron chi connectivity index (χ2n) is 7.74. The molecule has 0 spiro atoms. The zero-order chi connectivity index (χ0) is 21.6. The van der Waals surface area contributed by atoms with Crippen molar-refractivity contribution in [3.63, 3.8) is 0 Å². The lowest BCUT2D eigenvalue weighted by atomic mass is 9.92. The zero-order valence-corrected chi connectivity index (χ0v) is 17.8. The average Bonchev–Trinajstić information content (AvgIpc) is 3.18. The van der Waals surface area contributed by atoms with Crippen LogP contribution < -0.4 is 5.32 Å². The van der Waals surface area contributed by atoms with Crippen molar-refractivity contribution in [1.29, 1.82) is 0 Å². The second-order valence-corrected chi connectivity index (χ2v) is 9.55. The van der Waals surface area contributed by atoms with E-state index in [1.54, 1.807) is 36.5 Å². The third-order valence-corrected chi connectivity index (χ3v) is 7.29. The van der Waals surface area contributed by atoms with Crippen LogP contribution >= 0.6 is 0 Å². The molecule has 2 aromatic carbocycles. The first kappa shape index (κ1) is 19.5. The van der Waals surface area contributed by atoms with E-state index in [4.69, 9.17) is 0 Å². The summed E-state index contributed by atoms with van der Waals surface area (Å²) in [6, 6.07) is 16.4. The smallest absolute Gasteiger partial charge is 0.268 e. The van der Waals surface area contributed by atoms with Crippen molar-refractivity contribution in [3.8, 4) is 0 Å². The number of nitrogens with zero attached hydrogens (tertiary/aromatic N) is 2. The molecule has 1 N–H and O–H groups in total. The van der Waals surface area contributed by atoms with E-state index in [-0.39, 0.29) is 16.4 Å². The Morgan fingerprint density at radius 1 is 1.06 bits per heavy atom. The number of Topliss-reactive ketones (excluding diaryl/α,β-unsaturated/α-hetero) is 1. The number of nitrogens with one attached hydrogen (secondary N) is 1. The van der Waals surface area contributed by atoms with E-state index >= 15 is 0 Å². The number of carbonyl (C=O) groups excluding carboxylic acids is 1. The highest BCUT2D eigenvalue weighted by Gasteiger charge is 2.36. The molecular formula is C24H21N3O3S. The van der Waals surface area contributed by atoms with E-state index < -0.39 is 10.0 Å². The molecule has 6 nitrogen and oxygen atoms in total. The molecule has 5 rings (SSSR count). The highest BCUT2D eigenvalue weighted by molar-refractivity contribution is 7.90. The lowest BCUT2D eigenvalue weighted by Gasteiger charge is -2.21. The van der Waals surface area contributed by atoms with Crippen LogP contribution in [0.25, 0.3) is 0 Å². The zero-order valence-electron chi connectivity index (χ0n) is 17.0. The van der Waals surface area contributed by atoms with Crippen molar-refractivity contribution >= 4 is 21.5 Å². The number of rotatable bonds is 5. The summed E-state index contributed by atoms with van der Waals surface area (Å²) in [6.07, 6.45) is 3.93. The Balaban J connectivity index is 1.58. The van der Waals surface area contributed by atoms with Gasteiger partial charge in [0.25, 0.3) is 10.0 Å². The first-order chi connectivity index (χ1) is 14.9. The van der Waals surface area contributed by atoms with Crippen LogP contribution in [0.15, 0.2) is 82.5 Å². The van der Waals surface area contributed by atoms with Crippen molar-refractivity contribution < 1.29 is 13.2 Å². The molecule has 0 saturated carbocycles. The summed E-state index contributed by atoms with van der Waals surface area (Å²) >= 11 is 0. The molecule has 3 aromatic rings. The second kappa shape index (κ2) is 7.35. The molecule has 0 amide bonds. The Morgan fingerprint density at radius 3 is 2.55 bits per heavy atom. The fourth-order valence-corrected chi connectivity index (χ4v) is 5.37. The molecule has 0 bridgehead atoms. The van der Waals surface area contributed by atoms with Crippen LogP contribution in [0, 0.1) is 6.92 Å². The number of hydrogen-bond donors (Lipinski definition) is 1. The molecule has 156 valence electrons. The minimum Gasteiger partial charge on any atom is -0.378 e. The molecule has 0 saturated heterocycles. The number of carbonyl (C=O) groups is 1. The van der Waals surface area contributed by atoms with Gasteiger partial charge < -0.3 is 5.32 Å². The number of ketones is 1. The third kappa shape index (κ3) is 3.31. The highest BCUT2D eigenvalue weighted by atomic mass is 32.2. The van der Waals surface area contributed by atoms with E-state index in [1.807, 2.05) is 37.3 Å². The van der Waals surface area contributed by atoms with Gasteiger partial charge in [-0.3, -0.25) is 9.79 Å². The molecule has 0 radical (unpaired) electrons. The first-order valence-electron chi connectivity index (χ1n) is 10.1. The summed E-state index contributed by atoms with van der Waals surface area (Å²) in [5.74, 6) is -0.339. The number of allylic oxidation sites excluding steroid dienone is 2. The van der Waals surface area contributed by atoms with Gasteiger partial charge in [-0.1, -0.05) is 48.0 Å². The van der Waals surface area contributed by atoms with Crippen LogP contribution in [-0.4, -0.2) is 30.4 Å². The predicted octanol–water partition coefficient (Wildman–Crippen LogP) is 3.25. The van der Waals surface area contributed by atoms with Crippen molar-refractivity contribution in [1.82, 2.24) is 9.29 Å². The topological polar surface area (TPSA) is 80.5 Å². The molecular weight excluding hydrogens is 410 g/mol. The Morgan fingerprint density at radius 2 is 1.81 bits per heavy atom. The molecule has 7 heteroatoms. The molecule has 2 aliphatic rings. The predicted molar refractivity (Wildman–Crippen MR) is 119 cm³/mol. The molecule has 31 heavy (non-hydrogen) atoms. The SMILES string of the molecule is Cc1ccc(S(=O)(=O)n2cc3c4c2C(=O)C(NCc2ccccc2)=CC4=NCC3)cc1. The third-order valence-electron chi connectivity index (χ3n) is 5.62. The molecule has 0 atom stereocenters. The van der Waals surface area contributed by atoms with Crippen LogP contribution in [-0.2, 0) is 23.0 Å². The monoisotopic (exact) mass is 431 g/mol. The van der Waals surface area contributed by atoms with E-state index in [0.29, 0.717) is 36.5 Å². The molecule has 1 aliphatic carbocycles.